The number of allylic oxidation sites excluding steroid dienone is 1. The molecule has 2 aliphatic heterocycles. The standard InChI is InChI=1S/C26H36ClN5O2/c1-4-30(3)25(33)13-16-31-15-6-7-23(31)19-32-26(34)8-5-14-28-18-20(2)24(29-32)17-21-9-11-22(27)12-10-21/h5,8-12,14,18,23-24,29H,4,6-7,13,15-17,19H2,1-3H3/b8-5+,20-18+,28-14-/t23-,24?/m1/s1. The van der Waals surface area contributed by atoms with E-state index < -0.39 is 0 Å². The molecular formula is C26H36ClN5O2. The van der Waals surface area contributed by atoms with Gasteiger partial charge in [0.25, 0.3) is 5.91 Å². The highest BCUT2D eigenvalue weighted by Crippen LogP contribution is 2.20. The lowest BCUT2D eigenvalue weighted by molar-refractivity contribution is -0.132. The van der Waals surface area contributed by atoms with Gasteiger partial charge in [-0.25, -0.2) is 5.43 Å². The zero-order valence-electron chi connectivity index (χ0n) is 20.4. The first-order chi connectivity index (χ1) is 16.4. The Kier molecular flexibility index (Phi) is 9.86. The van der Waals surface area contributed by atoms with E-state index in [1.165, 1.54) is 0 Å². The molecule has 1 aromatic carbocycles. The Balaban J connectivity index is 1.73. The molecule has 1 saturated heterocycles. The number of halogens is 1. The number of nitrogens with zero attached hydrogens (tertiary/aromatic N) is 4. The summed E-state index contributed by atoms with van der Waals surface area (Å²) in [5, 5.41) is 2.43. The molecule has 1 unspecified atom stereocenters. The summed E-state index contributed by atoms with van der Waals surface area (Å²) in [6.45, 7) is 6.94. The summed E-state index contributed by atoms with van der Waals surface area (Å²) in [7, 11) is 1.84. The van der Waals surface area contributed by atoms with Crippen molar-refractivity contribution >= 4 is 29.6 Å². The lowest BCUT2D eigenvalue weighted by atomic mass is 10.0. The lowest BCUT2D eigenvalue weighted by Crippen LogP contribution is -2.53. The van der Waals surface area contributed by atoms with Crippen molar-refractivity contribution in [2.45, 2.75) is 51.6 Å². The Labute approximate surface area is 208 Å². The Bertz CT molecular complexity index is 928. The van der Waals surface area contributed by atoms with E-state index in [1.54, 1.807) is 28.3 Å². The van der Waals surface area contributed by atoms with Gasteiger partial charge in [0.15, 0.2) is 0 Å². The average Bonchev–Trinajstić information content (AvgIpc) is 3.28. The van der Waals surface area contributed by atoms with E-state index in [2.05, 4.69) is 15.3 Å². The number of benzene rings is 1. The van der Waals surface area contributed by atoms with Crippen LogP contribution in [0.3, 0.4) is 0 Å². The van der Waals surface area contributed by atoms with Crippen LogP contribution in [-0.4, -0.2) is 78.1 Å². The molecule has 2 heterocycles. The third-order valence-corrected chi connectivity index (χ3v) is 6.83. The van der Waals surface area contributed by atoms with E-state index >= 15 is 0 Å². The molecule has 0 aliphatic carbocycles. The molecule has 0 saturated carbocycles. The summed E-state index contributed by atoms with van der Waals surface area (Å²) >= 11 is 6.06. The van der Waals surface area contributed by atoms with Gasteiger partial charge >= 0.3 is 0 Å². The fourth-order valence-corrected chi connectivity index (χ4v) is 4.41. The molecule has 7 nitrogen and oxygen atoms in total. The van der Waals surface area contributed by atoms with Gasteiger partial charge in [0, 0.05) is 56.1 Å². The maximum atomic E-state index is 13.1. The summed E-state index contributed by atoms with van der Waals surface area (Å²) in [5.41, 5.74) is 5.64. The topological polar surface area (TPSA) is 68.2 Å². The second-order valence-electron chi connectivity index (χ2n) is 8.98. The molecule has 0 spiro atoms. The summed E-state index contributed by atoms with van der Waals surface area (Å²) in [6, 6.07) is 7.90. The highest BCUT2D eigenvalue weighted by atomic mass is 35.5. The minimum Gasteiger partial charge on any atom is -0.346 e. The van der Waals surface area contributed by atoms with Crippen molar-refractivity contribution in [1.29, 1.82) is 0 Å². The van der Waals surface area contributed by atoms with E-state index in [-0.39, 0.29) is 23.9 Å². The number of carbonyl (C=O) groups excluding carboxylic acids is 2. The molecule has 184 valence electrons. The normalized spacial score (nSPS) is 25.0. The number of hydrogen-bond donors (Lipinski definition) is 1. The van der Waals surface area contributed by atoms with Gasteiger partial charge in [-0.3, -0.25) is 24.5 Å². The maximum absolute atomic E-state index is 13.1. The molecular weight excluding hydrogens is 450 g/mol. The van der Waals surface area contributed by atoms with Crippen molar-refractivity contribution in [3.63, 3.8) is 0 Å². The summed E-state index contributed by atoms with van der Waals surface area (Å²) in [4.78, 5) is 33.8. The van der Waals surface area contributed by atoms with Gasteiger partial charge in [-0.05, 0) is 69.0 Å². The van der Waals surface area contributed by atoms with Crippen LogP contribution < -0.4 is 5.43 Å². The molecule has 1 aromatic rings. The van der Waals surface area contributed by atoms with Gasteiger partial charge in [-0.1, -0.05) is 23.7 Å². The monoisotopic (exact) mass is 485 g/mol. The van der Waals surface area contributed by atoms with E-state index in [1.807, 2.05) is 51.4 Å². The van der Waals surface area contributed by atoms with E-state index in [4.69, 9.17) is 11.6 Å². The summed E-state index contributed by atoms with van der Waals surface area (Å²) < 4.78 is 0. The zero-order chi connectivity index (χ0) is 24.5. The van der Waals surface area contributed by atoms with Crippen LogP contribution in [0.4, 0.5) is 0 Å². The molecule has 1 N–H and O–H groups in total. The predicted octanol–water partition coefficient (Wildman–Crippen LogP) is 3.46. The molecule has 0 bridgehead atoms. The number of nitrogens with one attached hydrogen (secondary N) is 1. The van der Waals surface area contributed by atoms with Crippen LogP contribution in [0, 0.1) is 0 Å². The second-order valence-corrected chi connectivity index (χ2v) is 9.42. The molecule has 34 heavy (non-hydrogen) atoms. The number of hydrazine groups is 1. The first kappa shape index (κ1) is 26.1. The zero-order valence-corrected chi connectivity index (χ0v) is 21.2. The largest absolute Gasteiger partial charge is 0.346 e. The van der Waals surface area contributed by atoms with Crippen LogP contribution in [-0.2, 0) is 16.0 Å². The van der Waals surface area contributed by atoms with Gasteiger partial charge in [0.2, 0.25) is 5.91 Å². The van der Waals surface area contributed by atoms with Gasteiger partial charge in [0.05, 0.1) is 12.6 Å². The predicted molar refractivity (Wildman–Crippen MR) is 138 cm³/mol. The minimum atomic E-state index is -0.101. The molecule has 0 radical (unpaired) electrons. The fraction of sp³-hybridized carbons (Fsp3) is 0.500. The Morgan fingerprint density at radius 1 is 1.29 bits per heavy atom. The number of rotatable bonds is 8. The Morgan fingerprint density at radius 3 is 2.79 bits per heavy atom. The van der Waals surface area contributed by atoms with Crippen molar-refractivity contribution in [3.05, 3.63) is 58.8 Å². The Morgan fingerprint density at radius 2 is 2.06 bits per heavy atom. The number of likely N-dealkylation sites (tertiary alicyclic amines) is 1. The van der Waals surface area contributed by atoms with Crippen molar-refractivity contribution in [2.75, 3.05) is 33.2 Å². The Hall–Kier alpha value is -2.48. The molecule has 8 heteroatoms. The third-order valence-electron chi connectivity index (χ3n) is 6.57. The van der Waals surface area contributed by atoms with E-state index in [0.717, 1.165) is 30.5 Å². The first-order valence-electron chi connectivity index (χ1n) is 12.0. The van der Waals surface area contributed by atoms with Crippen LogP contribution in [0.5, 0.6) is 0 Å². The second kappa shape index (κ2) is 12.8. The molecule has 0 aromatic heterocycles. The number of aliphatic imine (C=N–C) groups is 1. The fourth-order valence-electron chi connectivity index (χ4n) is 4.29. The van der Waals surface area contributed by atoms with Crippen LogP contribution in [0.25, 0.3) is 0 Å². The van der Waals surface area contributed by atoms with E-state index in [9.17, 15) is 9.59 Å². The SMILES string of the molecule is CCN(C)C(=O)CCN1CCC[C@@H]1CN1NC(Cc2ccc(Cl)cc2)/C(C)=C/N=C\C=C\C1=O. The third kappa shape index (κ3) is 7.52. The smallest absolute Gasteiger partial charge is 0.260 e. The molecule has 3 rings (SSSR count). The molecule has 2 amide bonds. The highest BCUT2D eigenvalue weighted by Gasteiger charge is 2.29. The van der Waals surface area contributed by atoms with Crippen LogP contribution in [0.15, 0.2) is 53.2 Å². The lowest BCUT2D eigenvalue weighted by Gasteiger charge is -2.34. The van der Waals surface area contributed by atoms with Crippen molar-refractivity contribution in [1.82, 2.24) is 20.2 Å². The van der Waals surface area contributed by atoms with Gasteiger partial charge in [-0.2, -0.15) is 0 Å². The number of carbonyl (C=O) groups is 2. The molecule has 1 fully saturated rings. The van der Waals surface area contributed by atoms with Gasteiger partial charge in [-0.15, -0.1) is 0 Å². The number of hydrogen-bond acceptors (Lipinski definition) is 5. The van der Waals surface area contributed by atoms with E-state index in [0.29, 0.717) is 37.5 Å². The first-order valence-corrected chi connectivity index (χ1v) is 12.4. The summed E-state index contributed by atoms with van der Waals surface area (Å²) in [5.74, 6) is 0.0586. The van der Waals surface area contributed by atoms with Crippen LogP contribution >= 0.6 is 11.6 Å². The highest BCUT2D eigenvalue weighted by molar-refractivity contribution is 6.30. The molecule has 2 atom stereocenters. The van der Waals surface area contributed by atoms with Crippen molar-refractivity contribution in [2.24, 2.45) is 4.99 Å². The van der Waals surface area contributed by atoms with Crippen LogP contribution in [0.2, 0.25) is 5.02 Å². The van der Waals surface area contributed by atoms with Crippen molar-refractivity contribution in [3.8, 4) is 0 Å². The average molecular weight is 486 g/mol. The van der Waals surface area contributed by atoms with Crippen molar-refractivity contribution < 1.29 is 9.59 Å². The quantitative estimate of drug-likeness (QED) is 0.612. The molecule has 2 aliphatic rings. The minimum absolute atomic E-state index is 0.0941. The van der Waals surface area contributed by atoms with Gasteiger partial charge in [0.1, 0.15) is 0 Å². The van der Waals surface area contributed by atoms with Crippen LogP contribution in [0.1, 0.15) is 38.7 Å². The summed E-state index contributed by atoms with van der Waals surface area (Å²) in [6.07, 6.45) is 9.97. The number of amides is 2. The maximum Gasteiger partial charge on any atom is 0.260 e. The van der Waals surface area contributed by atoms with Gasteiger partial charge < -0.3 is 4.90 Å².